The lowest BCUT2D eigenvalue weighted by molar-refractivity contribution is -0.108. The summed E-state index contributed by atoms with van der Waals surface area (Å²) in [6.07, 6.45) is 8.32. The molecule has 0 aromatic heterocycles. The molecule has 190 valence electrons. The van der Waals surface area contributed by atoms with Gasteiger partial charge in [0.05, 0.1) is 0 Å². The van der Waals surface area contributed by atoms with Crippen LogP contribution in [0.5, 0.6) is 0 Å². The van der Waals surface area contributed by atoms with Gasteiger partial charge in [0.2, 0.25) is 0 Å². The zero-order chi connectivity index (χ0) is 26.8. The zero-order valence-corrected chi connectivity index (χ0v) is 23.0. The summed E-state index contributed by atoms with van der Waals surface area (Å²) in [5, 5.41) is 0. The smallest absolute Gasteiger partial charge is 0.194 e. The Hall–Kier alpha value is -4.11. The molecule has 3 aromatic rings. The quantitative estimate of drug-likeness (QED) is 0.339. The number of para-hydroxylation sites is 2. The summed E-state index contributed by atoms with van der Waals surface area (Å²) in [6.45, 7) is 9.00. The van der Waals surface area contributed by atoms with Gasteiger partial charge in [-0.3, -0.25) is 4.79 Å². The van der Waals surface area contributed by atoms with Crippen molar-refractivity contribution in [3.8, 4) is 0 Å². The molecule has 0 amide bonds. The van der Waals surface area contributed by atoms with E-state index in [1.807, 2.05) is 24.3 Å². The molecule has 2 aliphatic heterocycles. The number of Topliss-reactive ketones (excluding diaryl/α,β-unsaturated/α-hetero) is 1. The van der Waals surface area contributed by atoms with E-state index < -0.39 is 0 Å². The Labute approximate surface area is 226 Å². The summed E-state index contributed by atoms with van der Waals surface area (Å²) in [7, 11) is 4.22. The minimum absolute atomic E-state index is 0.0758. The van der Waals surface area contributed by atoms with Gasteiger partial charge in [-0.15, -0.1) is 0 Å². The lowest BCUT2D eigenvalue weighted by atomic mass is 9.83. The van der Waals surface area contributed by atoms with Gasteiger partial charge in [0.1, 0.15) is 0 Å². The molecule has 3 heteroatoms. The fourth-order valence-electron chi connectivity index (χ4n) is 6.60. The third kappa shape index (κ3) is 3.38. The monoisotopic (exact) mass is 498 g/mol. The van der Waals surface area contributed by atoms with E-state index in [-0.39, 0.29) is 16.6 Å². The average Bonchev–Trinajstić information content (AvgIpc) is 3.37. The summed E-state index contributed by atoms with van der Waals surface area (Å²) in [5.74, 6) is 0.0758. The van der Waals surface area contributed by atoms with Gasteiger partial charge in [-0.25, -0.2) is 0 Å². The molecule has 3 nitrogen and oxygen atoms in total. The summed E-state index contributed by atoms with van der Waals surface area (Å²) in [4.78, 5) is 18.4. The van der Waals surface area contributed by atoms with Gasteiger partial charge < -0.3 is 9.80 Å². The standard InChI is InChI=1S/C35H34N2O/c1-34(2)27-15-9-11-17-29(27)36(5)31(34)21-19-25-23-13-7-8-14-24(23)26(33(25)38)20-22-32-35(3,4)28-16-10-12-18-30(28)37(32)6/h7-22H,1-6H3/b25-19-,26-20-,31-21-,32-22+. The first-order chi connectivity index (χ1) is 18.1. The van der Waals surface area contributed by atoms with Crippen LogP contribution in [0.15, 0.2) is 108 Å². The number of rotatable bonds is 2. The van der Waals surface area contributed by atoms with Crippen LogP contribution in [0.4, 0.5) is 11.4 Å². The minimum atomic E-state index is -0.139. The first-order valence-electron chi connectivity index (χ1n) is 13.3. The molecule has 0 bridgehead atoms. The van der Waals surface area contributed by atoms with Crippen LogP contribution >= 0.6 is 0 Å². The van der Waals surface area contributed by atoms with Crippen molar-refractivity contribution in [2.24, 2.45) is 0 Å². The van der Waals surface area contributed by atoms with Gasteiger partial charge >= 0.3 is 0 Å². The van der Waals surface area contributed by atoms with Crippen molar-refractivity contribution >= 4 is 28.3 Å². The van der Waals surface area contributed by atoms with Gasteiger partial charge in [0.15, 0.2) is 5.78 Å². The largest absolute Gasteiger partial charge is 0.347 e. The molecule has 1 aliphatic carbocycles. The molecule has 0 fully saturated rings. The summed E-state index contributed by atoms with van der Waals surface area (Å²) in [6, 6.07) is 25.2. The van der Waals surface area contributed by atoms with E-state index in [0.717, 1.165) is 22.3 Å². The van der Waals surface area contributed by atoms with Crippen molar-refractivity contribution in [3.63, 3.8) is 0 Å². The lowest BCUT2D eigenvalue weighted by Crippen LogP contribution is -2.22. The lowest BCUT2D eigenvalue weighted by Gasteiger charge is -2.23. The number of nitrogens with zero attached hydrogens (tertiary/aromatic N) is 2. The third-order valence-electron chi connectivity index (χ3n) is 8.69. The second-order valence-electron chi connectivity index (χ2n) is 11.5. The predicted octanol–water partition coefficient (Wildman–Crippen LogP) is 7.66. The number of carbonyl (C=O) groups excluding carboxylic acids is 1. The Morgan fingerprint density at radius 3 is 1.32 bits per heavy atom. The van der Waals surface area contributed by atoms with E-state index >= 15 is 0 Å². The molecule has 3 aromatic carbocycles. The Kier molecular flexibility index (Phi) is 5.39. The number of likely N-dealkylation sites (N-methyl/N-ethyl adjacent to an activating group) is 2. The van der Waals surface area contributed by atoms with E-state index in [9.17, 15) is 4.79 Å². The second-order valence-corrected chi connectivity index (χ2v) is 11.5. The van der Waals surface area contributed by atoms with Crippen LogP contribution in [-0.4, -0.2) is 19.9 Å². The van der Waals surface area contributed by atoms with Gasteiger partial charge in [-0.05, 0) is 58.7 Å². The van der Waals surface area contributed by atoms with E-state index in [1.165, 1.54) is 33.9 Å². The number of anilines is 2. The molecule has 2 heterocycles. The molecule has 0 radical (unpaired) electrons. The highest BCUT2D eigenvalue weighted by molar-refractivity contribution is 6.47. The number of benzene rings is 3. The molecule has 0 spiro atoms. The van der Waals surface area contributed by atoms with Crippen molar-refractivity contribution < 1.29 is 4.79 Å². The minimum Gasteiger partial charge on any atom is -0.347 e. The molecular formula is C35H34N2O. The van der Waals surface area contributed by atoms with Gasteiger partial charge in [0.25, 0.3) is 0 Å². The number of fused-ring (bicyclic) bond motifs is 3. The summed E-state index contributed by atoms with van der Waals surface area (Å²) < 4.78 is 0. The van der Waals surface area contributed by atoms with Crippen molar-refractivity contribution in [1.82, 2.24) is 0 Å². The third-order valence-corrected chi connectivity index (χ3v) is 8.69. The highest BCUT2D eigenvalue weighted by Gasteiger charge is 2.39. The van der Waals surface area contributed by atoms with E-state index in [0.29, 0.717) is 0 Å². The molecule has 3 aliphatic rings. The maximum absolute atomic E-state index is 13.9. The molecule has 0 saturated heterocycles. The summed E-state index contributed by atoms with van der Waals surface area (Å²) >= 11 is 0. The van der Waals surface area contributed by atoms with Crippen LogP contribution in [0.25, 0.3) is 11.1 Å². The maximum Gasteiger partial charge on any atom is 0.194 e. The average molecular weight is 499 g/mol. The van der Waals surface area contributed by atoms with Crippen molar-refractivity contribution in [3.05, 3.63) is 131 Å². The number of hydrogen-bond donors (Lipinski definition) is 0. The van der Waals surface area contributed by atoms with Crippen molar-refractivity contribution in [2.45, 2.75) is 38.5 Å². The first-order valence-corrected chi connectivity index (χ1v) is 13.3. The fraction of sp³-hybridized carbons (Fsp3) is 0.229. The number of hydrogen-bond acceptors (Lipinski definition) is 3. The Balaban J connectivity index is 1.41. The Bertz CT molecular complexity index is 1490. The molecular weight excluding hydrogens is 464 g/mol. The van der Waals surface area contributed by atoms with Crippen LogP contribution in [0.2, 0.25) is 0 Å². The van der Waals surface area contributed by atoms with Crippen molar-refractivity contribution in [1.29, 1.82) is 0 Å². The Morgan fingerprint density at radius 2 is 0.921 bits per heavy atom. The van der Waals surface area contributed by atoms with Crippen LogP contribution in [0.3, 0.4) is 0 Å². The Morgan fingerprint density at radius 1 is 0.553 bits per heavy atom. The molecule has 0 saturated carbocycles. The second kappa shape index (κ2) is 8.46. The van der Waals surface area contributed by atoms with Gasteiger partial charge in [0, 0.05) is 58.8 Å². The number of ketones is 1. The molecule has 38 heavy (non-hydrogen) atoms. The first kappa shape index (κ1) is 24.2. The van der Waals surface area contributed by atoms with Crippen molar-refractivity contribution in [2.75, 3.05) is 23.9 Å². The van der Waals surface area contributed by atoms with E-state index in [1.54, 1.807) is 0 Å². The summed E-state index contributed by atoms with van der Waals surface area (Å²) in [5.41, 5.74) is 10.6. The van der Waals surface area contributed by atoms with Crippen LogP contribution in [0.1, 0.15) is 49.9 Å². The zero-order valence-electron chi connectivity index (χ0n) is 23.0. The maximum atomic E-state index is 13.9. The molecule has 0 unspecified atom stereocenters. The molecule has 0 atom stereocenters. The van der Waals surface area contributed by atoms with E-state index in [2.05, 4.69) is 124 Å². The van der Waals surface area contributed by atoms with Gasteiger partial charge in [-0.1, -0.05) is 88.4 Å². The normalized spacial score (nSPS) is 23.1. The topological polar surface area (TPSA) is 23.6 Å². The van der Waals surface area contributed by atoms with Crippen LogP contribution in [-0.2, 0) is 15.6 Å². The van der Waals surface area contributed by atoms with Gasteiger partial charge in [-0.2, -0.15) is 0 Å². The predicted molar refractivity (Wildman–Crippen MR) is 159 cm³/mol. The number of allylic oxidation sites excluding steroid dienone is 8. The van der Waals surface area contributed by atoms with Crippen LogP contribution < -0.4 is 9.80 Å². The highest BCUT2D eigenvalue weighted by Crippen LogP contribution is 2.48. The number of carbonyl (C=O) groups is 1. The SMILES string of the molecule is CN1/C(=C\C=C2/C(=O)/C(=C\C=C3\N(C)c4ccccc4C3(C)C)c3ccccc32)C(C)(C)c2ccccc21. The molecule has 6 rings (SSSR count). The van der Waals surface area contributed by atoms with E-state index in [4.69, 9.17) is 0 Å². The highest BCUT2D eigenvalue weighted by atomic mass is 16.1. The molecule has 0 N–H and O–H groups in total. The fourth-order valence-corrected chi connectivity index (χ4v) is 6.60. The van der Waals surface area contributed by atoms with Crippen LogP contribution in [0, 0.1) is 0 Å².